The van der Waals surface area contributed by atoms with Gasteiger partial charge in [0.15, 0.2) is 0 Å². The standard InChI is InChI=1S/C15H27N3O2/c19-15(18-9-6-16-7-10-18)5-8-17-11-12-20-14-4-2-1-3-13(14)17/h13-14,16H,1-12H2. The number of amides is 1. The maximum absolute atomic E-state index is 12.2. The summed E-state index contributed by atoms with van der Waals surface area (Å²) in [6.45, 7) is 6.36. The molecule has 0 spiro atoms. The highest BCUT2D eigenvalue weighted by Gasteiger charge is 2.34. The molecule has 1 N–H and O–H groups in total. The van der Waals surface area contributed by atoms with Crippen molar-refractivity contribution in [3.63, 3.8) is 0 Å². The zero-order chi connectivity index (χ0) is 13.8. The van der Waals surface area contributed by atoms with E-state index in [0.717, 1.165) is 45.9 Å². The van der Waals surface area contributed by atoms with Gasteiger partial charge >= 0.3 is 0 Å². The molecule has 20 heavy (non-hydrogen) atoms. The van der Waals surface area contributed by atoms with Crippen LogP contribution in [-0.2, 0) is 9.53 Å². The van der Waals surface area contributed by atoms with Gasteiger partial charge in [-0.25, -0.2) is 0 Å². The van der Waals surface area contributed by atoms with E-state index in [9.17, 15) is 4.79 Å². The Morgan fingerprint density at radius 3 is 2.80 bits per heavy atom. The number of morpholine rings is 1. The molecule has 5 nitrogen and oxygen atoms in total. The van der Waals surface area contributed by atoms with Crippen molar-refractivity contribution >= 4 is 5.91 Å². The number of nitrogens with one attached hydrogen (secondary N) is 1. The van der Waals surface area contributed by atoms with Gasteiger partial charge in [0.25, 0.3) is 0 Å². The van der Waals surface area contributed by atoms with Crippen LogP contribution in [0.4, 0.5) is 0 Å². The minimum Gasteiger partial charge on any atom is -0.375 e. The smallest absolute Gasteiger partial charge is 0.223 e. The Morgan fingerprint density at radius 2 is 1.95 bits per heavy atom. The van der Waals surface area contributed by atoms with E-state index < -0.39 is 0 Å². The summed E-state index contributed by atoms with van der Waals surface area (Å²) in [5.74, 6) is 0.324. The number of ether oxygens (including phenoxy) is 1. The van der Waals surface area contributed by atoms with E-state index in [1.165, 1.54) is 25.7 Å². The van der Waals surface area contributed by atoms with E-state index in [0.29, 0.717) is 24.5 Å². The number of rotatable bonds is 3. The van der Waals surface area contributed by atoms with Crippen molar-refractivity contribution in [2.75, 3.05) is 45.9 Å². The zero-order valence-corrected chi connectivity index (χ0v) is 12.4. The van der Waals surface area contributed by atoms with Crippen LogP contribution >= 0.6 is 0 Å². The van der Waals surface area contributed by atoms with Crippen molar-refractivity contribution in [1.82, 2.24) is 15.1 Å². The summed E-state index contributed by atoms with van der Waals surface area (Å²) in [7, 11) is 0. The van der Waals surface area contributed by atoms with E-state index in [-0.39, 0.29) is 0 Å². The van der Waals surface area contributed by atoms with Crippen molar-refractivity contribution in [3.05, 3.63) is 0 Å². The van der Waals surface area contributed by atoms with E-state index in [2.05, 4.69) is 10.2 Å². The number of fused-ring (bicyclic) bond motifs is 1. The molecule has 2 heterocycles. The first-order valence-corrected chi connectivity index (χ1v) is 8.19. The van der Waals surface area contributed by atoms with Crippen molar-refractivity contribution in [2.45, 2.75) is 44.2 Å². The number of hydrogen-bond acceptors (Lipinski definition) is 4. The summed E-state index contributed by atoms with van der Waals surface area (Å²) in [4.78, 5) is 16.8. The summed E-state index contributed by atoms with van der Waals surface area (Å²) in [6, 6.07) is 0.563. The molecular weight excluding hydrogens is 254 g/mol. The Kier molecular flexibility index (Phi) is 4.91. The van der Waals surface area contributed by atoms with Crippen LogP contribution in [-0.4, -0.2) is 73.7 Å². The molecule has 2 aliphatic heterocycles. The van der Waals surface area contributed by atoms with Crippen LogP contribution in [0.1, 0.15) is 32.1 Å². The third kappa shape index (κ3) is 3.32. The lowest BCUT2D eigenvalue weighted by Gasteiger charge is -2.44. The molecule has 3 aliphatic rings. The molecule has 2 unspecified atom stereocenters. The van der Waals surface area contributed by atoms with Crippen LogP contribution < -0.4 is 5.32 Å². The van der Waals surface area contributed by atoms with Crippen molar-refractivity contribution in [1.29, 1.82) is 0 Å². The largest absolute Gasteiger partial charge is 0.375 e. The molecule has 0 aromatic heterocycles. The number of nitrogens with zero attached hydrogens (tertiary/aromatic N) is 2. The highest BCUT2D eigenvalue weighted by molar-refractivity contribution is 5.76. The van der Waals surface area contributed by atoms with Gasteiger partial charge in [0.05, 0.1) is 12.7 Å². The van der Waals surface area contributed by atoms with Gasteiger partial charge in [0.2, 0.25) is 5.91 Å². The molecule has 2 atom stereocenters. The fourth-order valence-electron chi connectivity index (χ4n) is 3.77. The summed E-state index contributed by atoms with van der Waals surface area (Å²) in [5, 5.41) is 3.29. The Bertz CT molecular complexity index is 329. The Hall–Kier alpha value is -0.650. The molecular formula is C15H27N3O2. The lowest BCUT2D eigenvalue weighted by Crippen LogP contribution is -2.53. The molecule has 1 amide bonds. The molecule has 3 rings (SSSR count). The predicted molar refractivity (Wildman–Crippen MR) is 77.6 cm³/mol. The third-order valence-electron chi connectivity index (χ3n) is 4.93. The Balaban J connectivity index is 1.48. The number of hydrogen-bond donors (Lipinski definition) is 1. The molecule has 0 aromatic rings. The van der Waals surface area contributed by atoms with E-state index in [4.69, 9.17) is 4.74 Å². The summed E-state index contributed by atoms with van der Waals surface area (Å²) < 4.78 is 5.89. The van der Waals surface area contributed by atoms with Crippen LogP contribution in [0.5, 0.6) is 0 Å². The van der Waals surface area contributed by atoms with E-state index in [1.807, 2.05) is 4.90 Å². The highest BCUT2D eigenvalue weighted by Crippen LogP contribution is 2.28. The number of piperazine rings is 1. The number of carbonyl (C=O) groups excluding carboxylic acids is 1. The molecule has 0 aromatic carbocycles. The Labute approximate surface area is 121 Å². The van der Waals surface area contributed by atoms with Gasteiger partial charge in [-0.2, -0.15) is 0 Å². The SMILES string of the molecule is O=C(CCN1CCOC2CCCCC21)N1CCNCC1. The van der Waals surface area contributed by atoms with E-state index in [1.54, 1.807) is 0 Å². The van der Waals surface area contributed by atoms with Gasteiger partial charge in [-0.1, -0.05) is 12.8 Å². The maximum Gasteiger partial charge on any atom is 0.223 e. The van der Waals surface area contributed by atoms with Crippen LogP contribution in [0.3, 0.4) is 0 Å². The summed E-state index contributed by atoms with van der Waals surface area (Å²) in [5.41, 5.74) is 0. The van der Waals surface area contributed by atoms with Crippen LogP contribution in [0.15, 0.2) is 0 Å². The van der Waals surface area contributed by atoms with Crippen molar-refractivity contribution in [3.8, 4) is 0 Å². The minimum atomic E-state index is 0.324. The van der Waals surface area contributed by atoms with Crippen molar-refractivity contribution < 1.29 is 9.53 Å². The van der Waals surface area contributed by atoms with Gasteiger partial charge in [0.1, 0.15) is 0 Å². The van der Waals surface area contributed by atoms with Gasteiger partial charge in [-0.3, -0.25) is 9.69 Å². The fraction of sp³-hybridized carbons (Fsp3) is 0.933. The molecule has 5 heteroatoms. The number of carbonyl (C=O) groups is 1. The van der Waals surface area contributed by atoms with Gasteiger partial charge in [0, 0.05) is 51.7 Å². The average Bonchev–Trinajstić information content (AvgIpc) is 2.53. The molecule has 3 fully saturated rings. The summed E-state index contributed by atoms with van der Waals surface area (Å²) >= 11 is 0. The fourth-order valence-corrected chi connectivity index (χ4v) is 3.77. The van der Waals surface area contributed by atoms with Crippen molar-refractivity contribution in [2.24, 2.45) is 0 Å². The first kappa shape index (κ1) is 14.3. The second kappa shape index (κ2) is 6.87. The Morgan fingerprint density at radius 1 is 1.15 bits per heavy atom. The van der Waals surface area contributed by atoms with Crippen LogP contribution in [0.25, 0.3) is 0 Å². The van der Waals surface area contributed by atoms with Gasteiger partial charge in [-0.05, 0) is 12.8 Å². The third-order valence-corrected chi connectivity index (χ3v) is 4.93. The molecule has 0 bridgehead atoms. The average molecular weight is 281 g/mol. The normalized spacial score (nSPS) is 31.9. The quantitative estimate of drug-likeness (QED) is 0.816. The molecule has 1 saturated carbocycles. The summed E-state index contributed by atoms with van der Waals surface area (Å²) in [6.07, 6.45) is 6.15. The molecule has 2 saturated heterocycles. The second-order valence-corrected chi connectivity index (χ2v) is 6.18. The van der Waals surface area contributed by atoms with Gasteiger partial charge < -0.3 is 15.0 Å². The first-order chi connectivity index (χ1) is 9.84. The predicted octanol–water partition coefficient (Wildman–Crippen LogP) is 0.452. The minimum absolute atomic E-state index is 0.324. The van der Waals surface area contributed by atoms with Gasteiger partial charge in [-0.15, -0.1) is 0 Å². The first-order valence-electron chi connectivity index (χ1n) is 8.19. The van der Waals surface area contributed by atoms with E-state index >= 15 is 0 Å². The molecule has 1 aliphatic carbocycles. The lowest BCUT2D eigenvalue weighted by atomic mass is 9.90. The zero-order valence-electron chi connectivity index (χ0n) is 12.4. The van der Waals surface area contributed by atoms with Crippen LogP contribution in [0.2, 0.25) is 0 Å². The monoisotopic (exact) mass is 281 g/mol. The molecule has 0 radical (unpaired) electrons. The lowest BCUT2D eigenvalue weighted by molar-refractivity contribution is -0.133. The topological polar surface area (TPSA) is 44.8 Å². The maximum atomic E-state index is 12.2. The van der Waals surface area contributed by atoms with Crippen LogP contribution in [0, 0.1) is 0 Å². The molecule has 114 valence electrons. The highest BCUT2D eigenvalue weighted by atomic mass is 16.5. The second-order valence-electron chi connectivity index (χ2n) is 6.18.